The minimum absolute atomic E-state index is 0.337. The van der Waals surface area contributed by atoms with Crippen molar-refractivity contribution in [3.05, 3.63) is 24.0 Å². The lowest BCUT2D eigenvalue weighted by Gasteiger charge is -2.28. The fourth-order valence-electron chi connectivity index (χ4n) is 2.80. The highest BCUT2D eigenvalue weighted by Gasteiger charge is 2.36. The molecule has 1 aliphatic heterocycles. The van der Waals surface area contributed by atoms with Gasteiger partial charge in [0.25, 0.3) is 0 Å². The molecular weight excluding hydrogens is 294 g/mol. The fourth-order valence-corrected chi connectivity index (χ4v) is 4.30. The Hall–Kier alpha value is -1.23. The van der Waals surface area contributed by atoms with Crippen molar-refractivity contribution in [2.75, 3.05) is 12.3 Å². The average Bonchev–Trinajstić information content (AvgIpc) is 2.68. The minimum atomic E-state index is -1.01. The van der Waals surface area contributed by atoms with Crippen LogP contribution in [-0.4, -0.2) is 37.6 Å². The Balaban J connectivity index is 2.34. The summed E-state index contributed by atoms with van der Waals surface area (Å²) in [6, 6.07) is 2.23. The molecule has 1 aromatic rings. The molecule has 0 radical (unpaired) electrons. The zero-order chi connectivity index (χ0) is 16.3. The number of pyridine rings is 1. The molecule has 0 N–H and O–H groups in total. The van der Waals surface area contributed by atoms with Gasteiger partial charge in [-0.05, 0) is 36.8 Å². The standard InChI is InChI=1S/C17H27N3OS/c1-12(2)8-15-11-22(21)17(20(15)10-13(3)4)19-16-6-7-18-9-14(16)5/h6-7,9,12-13,15H,8,10-11H2,1-5H3/t15-,22?/m0/s1. The van der Waals surface area contributed by atoms with Gasteiger partial charge in [0.05, 0.1) is 22.2 Å². The van der Waals surface area contributed by atoms with Crippen LogP contribution < -0.4 is 0 Å². The SMILES string of the molecule is Cc1cnccc1N=C1N(CC(C)C)[C@@H](CC(C)C)CS1=O. The molecule has 5 heteroatoms. The third-order valence-electron chi connectivity index (χ3n) is 3.75. The van der Waals surface area contributed by atoms with E-state index in [1.807, 2.05) is 13.0 Å². The largest absolute Gasteiger partial charge is 0.345 e. The van der Waals surface area contributed by atoms with Gasteiger partial charge in [-0.25, -0.2) is 4.99 Å². The van der Waals surface area contributed by atoms with Gasteiger partial charge in [-0.15, -0.1) is 0 Å². The first kappa shape index (κ1) is 17.1. The smallest absolute Gasteiger partial charge is 0.195 e. The lowest BCUT2D eigenvalue weighted by molar-refractivity contribution is 0.279. The summed E-state index contributed by atoms with van der Waals surface area (Å²) in [6.45, 7) is 11.7. The van der Waals surface area contributed by atoms with E-state index < -0.39 is 10.8 Å². The van der Waals surface area contributed by atoms with Crippen molar-refractivity contribution in [3.63, 3.8) is 0 Å². The second kappa shape index (κ2) is 7.36. The Morgan fingerprint density at radius 3 is 2.68 bits per heavy atom. The third kappa shape index (κ3) is 4.15. The highest BCUT2D eigenvalue weighted by molar-refractivity contribution is 8.00. The molecule has 1 saturated heterocycles. The Labute approximate surface area is 136 Å². The van der Waals surface area contributed by atoms with E-state index in [2.05, 4.69) is 37.6 Å². The zero-order valence-electron chi connectivity index (χ0n) is 14.2. The quantitative estimate of drug-likeness (QED) is 0.833. The molecule has 0 aromatic carbocycles. The lowest BCUT2D eigenvalue weighted by Crippen LogP contribution is -2.37. The van der Waals surface area contributed by atoms with Crippen LogP contribution in [0.3, 0.4) is 0 Å². The van der Waals surface area contributed by atoms with Crippen molar-refractivity contribution in [1.29, 1.82) is 0 Å². The van der Waals surface area contributed by atoms with E-state index in [-0.39, 0.29) is 0 Å². The van der Waals surface area contributed by atoms with E-state index in [0.29, 0.717) is 23.6 Å². The van der Waals surface area contributed by atoms with Crippen LogP contribution in [0.25, 0.3) is 0 Å². The van der Waals surface area contributed by atoms with Gasteiger partial charge in [-0.3, -0.25) is 9.19 Å². The summed E-state index contributed by atoms with van der Waals surface area (Å²) >= 11 is 0. The van der Waals surface area contributed by atoms with Crippen molar-refractivity contribution in [1.82, 2.24) is 9.88 Å². The maximum atomic E-state index is 12.6. The van der Waals surface area contributed by atoms with Crippen molar-refractivity contribution < 1.29 is 4.21 Å². The van der Waals surface area contributed by atoms with Crippen LogP contribution in [0.5, 0.6) is 0 Å². The lowest BCUT2D eigenvalue weighted by atomic mass is 10.0. The van der Waals surface area contributed by atoms with Crippen LogP contribution in [0.2, 0.25) is 0 Å². The highest BCUT2D eigenvalue weighted by atomic mass is 32.2. The van der Waals surface area contributed by atoms with Gasteiger partial charge in [-0.2, -0.15) is 0 Å². The van der Waals surface area contributed by atoms with Gasteiger partial charge in [0.15, 0.2) is 5.17 Å². The van der Waals surface area contributed by atoms with E-state index in [1.54, 1.807) is 12.4 Å². The number of amidine groups is 1. The van der Waals surface area contributed by atoms with Crippen LogP contribution >= 0.6 is 0 Å². The molecule has 4 nitrogen and oxygen atoms in total. The van der Waals surface area contributed by atoms with Crippen LogP contribution in [0.1, 0.15) is 39.7 Å². The van der Waals surface area contributed by atoms with Gasteiger partial charge in [-0.1, -0.05) is 27.7 Å². The summed E-state index contributed by atoms with van der Waals surface area (Å²) in [5, 5.41) is 0.744. The molecule has 1 aliphatic rings. The molecule has 2 atom stereocenters. The molecular formula is C17H27N3OS. The monoisotopic (exact) mass is 321 g/mol. The Kier molecular flexibility index (Phi) is 5.73. The van der Waals surface area contributed by atoms with Crippen molar-refractivity contribution >= 4 is 21.7 Å². The van der Waals surface area contributed by atoms with Gasteiger partial charge in [0.2, 0.25) is 0 Å². The van der Waals surface area contributed by atoms with Gasteiger partial charge in [0.1, 0.15) is 0 Å². The van der Waals surface area contributed by atoms with Crippen molar-refractivity contribution in [2.45, 2.75) is 47.1 Å². The first-order valence-electron chi connectivity index (χ1n) is 8.02. The molecule has 0 spiro atoms. The average molecular weight is 321 g/mol. The number of rotatable bonds is 5. The van der Waals surface area contributed by atoms with E-state index in [4.69, 9.17) is 4.99 Å². The summed E-state index contributed by atoms with van der Waals surface area (Å²) in [4.78, 5) is 11.1. The maximum absolute atomic E-state index is 12.6. The second-order valence-electron chi connectivity index (χ2n) is 6.90. The van der Waals surface area contributed by atoms with E-state index in [0.717, 1.165) is 29.4 Å². The normalized spacial score (nSPS) is 24.0. The summed E-state index contributed by atoms with van der Waals surface area (Å²) in [5.74, 6) is 1.82. The Bertz CT molecular complexity index is 569. The zero-order valence-corrected chi connectivity index (χ0v) is 15.1. The number of aryl methyl sites for hydroxylation is 1. The molecule has 22 heavy (non-hydrogen) atoms. The molecule has 0 bridgehead atoms. The number of nitrogens with zero attached hydrogens (tertiary/aromatic N) is 3. The highest BCUT2D eigenvalue weighted by Crippen LogP contribution is 2.26. The Morgan fingerprint density at radius 2 is 2.09 bits per heavy atom. The summed E-state index contributed by atoms with van der Waals surface area (Å²) in [7, 11) is -1.01. The number of aromatic nitrogens is 1. The molecule has 0 aliphatic carbocycles. The summed E-state index contributed by atoms with van der Waals surface area (Å²) in [5.41, 5.74) is 1.89. The third-order valence-corrected chi connectivity index (χ3v) is 5.17. The maximum Gasteiger partial charge on any atom is 0.195 e. The van der Waals surface area contributed by atoms with Crippen LogP contribution in [0, 0.1) is 18.8 Å². The number of hydrogen-bond acceptors (Lipinski definition) is 3. The molecule has 2 rings (SSSR count). The second-order valence-corrected chi connectivity index (χ2v) is 8.29. The van der Waals surface area contributed by atoms with Gasteiger partial charge in [0, 0.05) is 25.0 Å². The van der Waals surface area contributed by atoms with Gasteiger partial charge < -0.3 is 4.90 Å². The van der Waals surface area contributed by atoms with E-state index in [1.165, 1.54) is 0 Å². The molecule has 2 heterocycles. The number of aliphatic imine (C=N–C) groups is 1. The van der Waals surface area contributed by atoms with Crippen LogP contribution in [-0.2, 0) is 10.8 Å². The Morgan fingerprint density at radius 1 is 1.36 bits per heavy atom. The molecule has 1 aromatic heterocycles. The van der Waals surface area contributed by atoms with Crippen molar-refractivity contribution in [3.8, 4) is 0 Å². The van der Waals surface area contributed by atoms with Crippen LogP contribution in [0.4, 0.5) is 5.69 Å². The molecule has 122 valence electrons. The molecule has 0 amide bonds. The molecule has 0 saturated carbocycles. The molecule has 1 fully saturated rings. The predicted molar refractivity (Wildman–Crippen MR) is 93.9 cm³/mol. The summed E-state index contributed by atoms with van der Waals surface area (Å²) in [6.07, 6.45) is 4.60. The predicted octanol–water partition coefficient (Wildman–Crippen LogP) is 3.51. The van der Waals surface area contributed by atoms with Crippen molar-refractivity contribution in [2.24, 2.45) is 16.8 Å². The topological polar surface area (TPSA) is 45.6 Å². The van der Waals surface area contributed by atoms with Crippen LogP contribution in [0.15, 0.2) is 23.5 Å². The first-order valence-corrected chi connectivity index (χ1v) is 9.34. The van der Waals surface area contributed by atoms with E-state index >= 15 is 0 Å². The van der Waals surface area contributed by atoms with Gasteiger partial charge >= 0.3 is 0 Å². The number of hydrogen-bond donors (Lipinski definition) is 0. The summed E-state index contributed by atoms with van der Waals surface area (Å²) < 4.78 is 12.6. The minimum Gasteiger partial charge on any atom is -0.345 e. The molecule has 1 unspecified atom stereocenters. The van der Waals surface area contributed by atoms with E-state index in [9.17, 15) is 4.21 Å². The first-order chi connectivity index (χ1) is 10.4. The fraction of sp³-hybridized carbons (Fsp3) is 0.647.